The topological polar surface area (TPSA) is 83.9 Å². The Morgan fingerprint density at radius 3 is 2.25 bits per heavy atom. The molecule has 1 aromatic carbocycles. The minimum atomic E-state index is -3.85. The number of rotatable bonds is 4. The molecule has 0 radical (unpaired) electrons. The van der Waals surface area contributed by atoms with E-state index in [0.717, 1.165) is 19.2 Å². The third-order valence-corrected chi connectivity index (χ3v) is 3.74. The molecule has 0 heterocycles. The van der Waals surface area contributed by atoms with Gasteiger partial charge in [0.05, 0.1) is 22.3 Å². The first-order valence-corrected chi connectivity index (χ1v) is 5.75. The van der Waals surface area contributed by atoms with Gasteiger partial charge in [0, 0.05) is 7.05 Å². The van der Waals surface area contributed by atoms with Gasteiger partial charge in [-0.2, -0.15) is 4.39 Å². The fourth-order valence-corrected chi connectivity index (χ4v) is 2.03. The van der Waals surface area contributed by atoms with Gasteiger partial charge in [0.25, 0.3) is 10.0 Å². The highest BCUT2D eigenvalue weighted by Gasteiger charge is 2.21. The van der Waals surface area contributed by atoms with Crippen LogP contribution in [0.1, 0.15) is 10.4 Å². The number of aromatic carboxylic acids is 1. The van der Waals surface area contributed by atoms with Crippen LogP contribution in [0, 0.1) is 0 Å². The van der Waals surface area contributed by atoms with E-state index in [1.165, 1.54) is 12.1 Å². The Balaban J connectivity index is 3.12. The minimum Gasteiger partial charge on any atom is -0.478 e. The van der Waals surface area contributed by atoms with Gasteiger partial charge in [-0.1, -0.05) is 4.47 Å². The Morgan fingerprint density at radius 1 is 1.38 bits per heavy atom. The molecular weight excluding hydrogens is 258 g/mol. The van der Waals surface area contributed by atoms with Gasteiger partial charge in [-0.25, -0.2) is 13.2 Å². The van der Waals surface area contributed by atoms with Crippen molar-refractivity contribution in [3.05, 3.63) is 29.8 Å². The number of hydroxylamine groups is 1. The van der Waals surface area contributed by atoms with E-state index >= 15 is 0 Å². The molecule has 6 nitrogen and oxygen atoms in total. The van der Waals surface area contributed by atoms with E-state index in [2.05, 4.69) is 4.39 Å². The van der Waals surface area contributed by atoms with Crippen LogP contribution in [-0.2, 0) is 14.4 Å². The Labute approximate surface area is 97.2 Å². The van der Waals surface area contributed by atoms with Crippen molar-refractivity contribution in [2.45, 2.75) is 4.90 Å². The fourth-order valence-electron chi connectivity index (χ4n) is 0.955. The third kappa shape index (κ3) is 2.50. The highest BCUT2D eigenvalue weighted by atomic mass is 35.5. The number of benzene rings is 1. The lowest BCUT2D eigenvalue weighted by molar-refractivity contribution is 0.0696. The number of hydrogen-bond donors (Lipinski definition) is 1. The number of carbonyl (C=O) groups is 1. The molecule has 0 unspecified atom stereocenters. The first-order valence-electron chi connectivity index (χ1n) is 4.00. The summed E-state index contributed by atoms with van der Waals surface area (Å²) in [6.07, 6.45) is 0. The van der Waals surface area contributed by atoms with Crippen LogP contribution in [0.4, 0.5) is 0 Å². The van der Waals surface area contributed by atoms with Crippen molar-refractivity contribution < 1.29 is 22.7 Å². The summed E-state index contributed by atoms with van der Waals surface area (Å²) in [6.45, 7) is 0. The van der Waals surface area contributed by atoms with Crippen LogP contribution in [0.3, 0.4) is 0 Å². The van der Waals surface area contributed by atoms with Crippen molar-refractivity contribution in [2.75, 3.05) is 7.05 Å². The van der Waals surface area contributed by atoms with Crippen LogP contribution in [0.2, 0.25) is 0 Å². The smallest absolute Gasteiger partial charge is 0.335 e. The van der Waals surface area contributed by atoms with Crippen LogP contribution in [0.5, 0.6) is 0 Å². The van der Waals surface area contributed by atoms with Gasteiger partial charge in [0.2, 0.25) is 0 Å². The predicted molar refractivity (Wildman–Crippen MR) is 55.3 cm³/mol. The molecule has 88 valence electrons. The molecule has 0 bridgehead atoms. The van der Waals surface area contributed by atoms with Gasteiger partial charge in [-0.05, 0) is 24.3 Å². The lowest BCUT2D eigenvalue weighted by Crippen LogP contribution is -2.24. The number of hydrogen-bond acceptors (Lipinski definition) is 4. The van der Waals surface area contributed by atoms with Crippen molar-refractivity contribution in [3.8, 4) is 0 Å². The normalized spacial score (nSPS) is 11.7. The zero-order valence-electron chi connectivity index (χ0n) is 8.12. The molecule has 8 heteroatoms. The van der Waals surface area contributed by atoms with Gasteiger partial charge in [0.15, 0.2) is 0 Å². The van der Waals surface area contributed by atoms with Crippen molar-refractivity contribution in [3.63, 3.8) is 0 Å². The maximum Gasteiger partial charge on any atom is 0.335 e. The molecule has 0 saturated heterocycles. The lowest BCUT2D eigenvalue weighted by Gasteiger charge is -2.11. The molecule has 0 aliphatic carbocycles. The second-order valence-electron chi connectivity index (χ2n) is 2.81. The molecule has 1 rings (SSSR count). The van der Waals surface area contributed by atoms with Crippen LogP contribution < -0.4 is 0 Å². The summed E-state index contributed by atoms with van der Waals surface area (Å²) < 4.78 is 27.7. The molecule has 0 aliphatic rings. The number of halogens is 1. The molecule has 1 aromatic rings. The Morgan fingerprint density at radius 2 is 1.88 bits per heavy atom. The van der Waals surface area contributed by atoms with E-state index in [9.17, 15) is 13.2 Å². The molecule has 0 aliphatic heterocycles. The standard InChI is InChI=1S/C8H8ClNO5S/c1-10(15-9)16(13,14)7-4-2-6(3-5-7)8(11)12/h2-5H,1H3,(H,11,12). The Bertz CT molecular complexity index is 484. The van der Waals surface area contributed by atoms with E-state index in [1.54, 1.807) is 0 Å². The van der Waals surface area contributed by atoms with Gasteiger partial charge >= 0.3 is 5.97 Å². The van der Waals surface area contributed by atoms with Crippen LogP contribution in [0.15, 0.2) is 29.2 Å². The number of carboxylic acid groups (broad SMARTS) is 1. The van der Waals surface area contributed by atoms with Gasteiger partial charge in [-0.15, -0.1) is 0 Å². The quantitative estimate of drug-likeness (QED) is 0.824. The Kier molecular flexibility index (Phi) is 3.87. The summed E-state index contributed by atoms with van der Waals surface area (Å²) in [5, 5.41) is 8.63. The van der Waals surface area contributed by atoms with E-state index in [4.69, 9.17) is 17.0 Å². The zero-order valence-corrected chi connectivity index (χ0v) is 9.70. The molecule has 0 saturated carbocycles. The molecule has 16 heavy (non-hydrogen) atoms. The molecule has 0 spiro atoms. The number of carboxylic acids is 1. The Hall–Kier alpha value is -1.15. The number of nitrogens with zero attached hydrogens (tertiary/aromatic N) is 1. The highest BCUT2D eigenvalue weighted by Crippen LogP contribution is 2.16. The largest absolute Gasteiger partial charge is 0.478 e. The third-order valence-electron chi connectivity index (χ3n) is 1.83. The van der Waals surface area contributed by atoms with E-state index in [-0.39, 0.29) is 10.5 Å². The number of sulfonamides is 1. The molecule has 0 amide bonds. The van der Waals surface area contributed by atoms with Crippen molar-refractivity contribution in [2.24, 2.45) is 0 Å². The zero-order chi connectivity index (χ0) is 12.3. The second-order valence-corrected chi connectivity index (χ2v) is 4.89. The average molecular weight is 266 g/mol. The van der Waals surface area contributed by atoms with Crippen LogP contribution in [-0.4, -0.2) is 31.0 Å². The molecule has 0 aromatic heterocycles. The van der Waals surface area contributed by atoms with Gasteiger partial charge < -0.3 is 5.11 Å². The van der Waals surface area contributed by atoms with E-state index in [1.807, 2.05) is 0 Å². The van der Waals surface area contributed by atoms with Crippen molar-refractivity contribution in [1.29, 1.82) is 0 Å². The highest BCUT2D eigenvalue weighted by molar-refractivity contribution is 7.89. The maximum atomic E-state index is 11.6. The summed E-state index contributed by atoms with van der Waals surface area (Å²) in [6, 6.07) is 4.67. The summed E-state index contributed by atoms with van der Waals surface area (Å²) in [5.74, 6) is -1.13. The summed E-state index contributed by atoms with van der Waals surface area (Å²) in [4.78, 5) is 10.4. The first kappa shape index (κ1) is 12.9. The molecule has 0 atom stereocenters. The molecular formula is C8H8ClNO5S. The van der Waals surface area contributed by atoms with Crippen molar-refractivity contribution in [1.82, 2.24) is 4.47 Å². The van der Waals surface area contributed by atoms with Gasteiger partial charge in [0.1, 0.15) is 0 Å². The SMILES string of the molecule is CN(OCl)S(=O)(=O)c1ccc(C(=O)O)cc1. The summed E-state index contributed by atoms with van der Waals surface area (Å²) in [5.41, 5.74) is -0.00612. The van der Waals surface area contributed by atoms with Crippen molar-refractivity contribution >= 4 is 27.9 Å². The molecule has 0 fully saturated rings. The maximum absolute atomic E-state index is 11.6. The van der Waals surface area contributed by atoms with Crippen LogP contribution >= 0.6 is 11.9 Å². The van der Waals surface area contributed by atoms with Crippen LogP contribution in [0.25, 0.3) is 0 Å². The predicted octanol–water partition coefficient (Wildman–Crippen LogP) is 1.09. The first-order chi connectivity index (χ1) is 7.39. The average Bonchev–Trinajstić information content (AvgIpc) is 2.28. The summed E-state index contributed by atoms with van der Waals surface area (Å²) in [7, 11) is -2.73. The molecule has 1 N–H and O–H groups in total. The monoisotopic (exact) mass is 265 g/mol. The van der Waals surface area contributed by atoms with E-state index in [0.29, 0.717) is 4.47 Å². The fraction of sp³-hybridized carbons (Fsp3) is 0.125. The minimum absolute atomic E-state index is 0.00612. The van der Waals surface area contributed by atoms with E-state index < -0.39 is 16.0 Å². The summed E-state index contributed by atoms with van der Waals surface area (Å²) >= 11 is 4.92. The van der Waals surface area contributed by atoms with Gasteiger partial charge in [-0.3, -0.25) is 0 Å². The second kappa shape index (κ2) is 4.79. The lowest BCUT2D eigenvalue weighted by atomic mass is 10.2.